The number of carbonyl (C=O) groups is 2. The van der Waals surface area contributed by atoms with Crippen LogP contribution in [0.5, 0.6) is 0 Å². The molecule has 19 heavy (non-hydrogen) atoms. The van der Waals surface area contributed by atoms with Crippen LogP contribution >= 0.6 is 0 Å². The second-order valence-electron chi connectivity index (χ2n) is 4.66. The van der Waals surface area contributed by atoms with Gasteiger partial charge in [0.15, 0.2) is 5.54 Å². The molecule has 0 spiro atoms. The van der Waals surface area contributed by atoms with Crippen LogP contribution in [0.25, 0.3) is 0 Å². The summed E-state index contributed by atoms with van der Waals surface area (Å²) in [6.45, 7) is 4.89. The van der Waals surface area contributed by atoms with Crippen LogP contribution in [0.2, 0.25) is 0 Å². The van der Waals surface area contributed by atoms with Crippen molar-refractivity contribution in [3.8, 4) is 0 Å². The quantitative estimate of drug-likeness (QED) is 0.805. The first-order valence-corrected chi connectivity index (χ1v) is 5.95. The highest BCUT2D eigenvalue weighted by atomic mass is 16.5. The predicted octanol–water partition coefficient (Wildman–Crippen LogP) is 1.07. The van der Waals surface area contributed by atoms with Gasteiger partial charge in [0.1, 0.15) is 6.10 Å². The minimum atomic E-state index is -1.17. The maximum absolute atomic E-state index is 11.8. The standard InChI is InChI=1S/C12H19N3O4/c1-5-9(19-4)10(16)14-8-6-13-15(7-8)12(2,3)11(17)18/h6-7,9H,5H2,1-4H3,(H,14,16)(H,17,18). The Labute approximate surface area is 111 Å². The number of methoxy groups -OCH3 is 1. The summed E-state index contributed by atoms with van der Waals surface area (Å²) in [4.78, 5) is 22.9. The summed E-state index contributed by atoms with van der Waals surface area (Å²) in [7, 11) is 1.46. The fourth-order valence-corrected chi connectivity index (χ4v) is 1.47. The predicted molar refractivity (Wildman–Crippen MR) is 68.9 cm³/mol. The van der Waals surface area contributed by atoms with Gasteiger partial charge in [-0.25, -0.2) is 4.79 Å². The highest BCUT2D eigenvalue weighted by molar-refractivity contribution is 5.93. The van der Waals surface area contributed by atoms with Crippen LogP contribution in [0, 0.1) is 0 Å². The van der Waals surface area contributed by atoms with E-state index in [-0.39, 0.29) is 5.91 Å². The monoisotopic (exact) mass is 269 g/mol. The molecule has 2 N–H and O–H groups in total. The van der Waals surface area contributed by atoms with Gasteiger partial charge in [-0.3, -0.25) is 9.48 Å². The third kappa shape index (κ3) is 3.31. The summed E-state index contributed by atoms with van der Waals surface area (Å²) < 4.78 is 6.30. The molecule has 1 amide bonds. The molecule has 0 saturated heterocycles. The molecule has 0 fully saturated rings. The third-order valence-corrected chi connectivity index (χ3v) is 2.89. The molecule has 7 heteroatoms. The zero-order valence-electron chi connectivity index (χ0n) is 11.5. The molecule has 0 saturated carbocycles. The van der Waals surface area contributed by atoms with Crippen LogP contribution in [0.4, 0.5) is 5.69 Å². The van der Waals surface area contributed by atoms with E-state index in [4.69, 9.17) is 9.84 Å². The fraction of sp³-hybridized carbons (Fsp3) is 0.583. The van der Waals surface area contributed by atoms with Crippen molar-refractivity contribution in [2.75, 3.05) is 12.4 Å². The maximum Gasteiger partial charge on any atom is 0.331 e. The van der Waals surface area contributed by atoms with Gasteiger partial charge in [-0.1, -0.05) is 6.92 Å². The number of nitrogens with zero attached hydrogens (tertiary/aromatic N) is 2. The van der Waals surface area contributed by atoms with E-state index < -0.39 is 17.6 Å². The fourth-order valence-electron chi connectivity index (χ4n) is 1.47. The van der Waals surface area contributed by atoms with E-state index in [1.165, 1.54) is 38.0 Å². The second-order valence-corrected chi connectivity index (χ2v) is 4.66. The normalized spacial score (nSPS) is 13.1. The van der Waals surface area contributed by atoms with Crippen molar-refractivity contribution < 1.29 is 19.4 Å². The molecular formula is C12H19N3O4. The molecule has 1 aromatic rings. The number of ether oxygens (including phenoxy) is 1. The summed E-state index contributed by atoms with van der Waals surface area (Å²) >= 11 is 0. The number of carbonyl (C=O) groups excluding carboxylic acids is 1. The number of anilines is 1. The topological polar surface area (TPSA) is 93.5 Å². The van der Waals surface area contributed by atoms with Crippen molar-refractivity contribution in [2.45, 2.75) is 38.8 Å². The molecular weight excluding hydrogens is 250 g/mol. The average Bonchev–Trinajstić information content (AvgIpc) is 2.79. The SMILES string of the molecule is CCC(OC)C(=O)Nc1cnn(C(C)(C)C(=O)O)c1. The van der Waals surface area contributed by atoms with Crippen LogP contribution in [0.15, 0.2) is 12.4 Å². The van der Waals surface area contributed by atoms with Gasteiger partial charge >= 0.3 is 5.97 Å². The second kappa shape index (κ2) is 5.83. The summed E-state index contributed by atoms with van der Waals surface area (Å²) in [5.41, 5.74) is -0.733. The first-order valence-electron chi connectivity index (χ1n) is 5.95. The van der Waals surface area contributed by atoms with Crippen LogP contribution in [0.1, 0.15) is 27.2 Å². The molecule has 0 aliphatic carbocycles. The lowest BCUT2D eigenvalue weighted by atomic mass is 10.1. The summed E-state index contributed by atoms with van der Waals surface area (Å²) in [6, 6.07) is 0. The molecule has 0 bridgehead atoms. The number of nitrogens with one attached hydrogen (secondary N) is 1. The summed E-state index contributed by atoms with van der Waals surface area (Å²) in [5.74, 6) is -1.28. The van der Waals surface area contributed by atoms with Crippen molar-refractivity contribution >= 4 is 17.6 Å². The van der Waals surface area contributed by atoms with Crippen molar-refractivity contribution in [1.29, 1.82) is 0 Å². The van der Waals surface area contributed by atoms with Crippen molar-refractivity contribution in [2.24, 2.45) is 0 Å². The Kier molecular flexibility index (Phi) is 4.66. The molecule has 1 rings (SSSR count). The molecule has 106 valence electrons. The number of hydrogen-bond acceptors (Lipinski definition) is 4. The van der Waals surface area contributed by atoms with Gasteiger partial charge < -0.3 is 15.2 Å². The largest absolute Gasteiger partial charge is 0.479 e. The zero-order valence-corrected chi connectivity index (χ0v) is 11.5. The van der Waals surface area contributed by atoms with Crippen molar-refractivity contribution in [3.05, 3.63) is 12.4 Å². The number of amides is 1. The maximum atomic E-state index is 11.8. The molecule has 7 nitrogen and oxygen atoms in total. The number of carboxylic acid groups (broad SMARTS) is 1. The Bertz CT molecular complexity index is 463. The van der Waals surface area contributed by atoms with Crippen LogP contribution in [-0.4, -0.2) is 40.0 Å². The minimum Gasteiger partial charge on any atom is -0.479 e. The summed E-state index contributed by atoms with van der Waals surface area (Å²) in [5, 5.41) is 15.7. The third-order valence-electron chi connectivity index (χ3n) is 2.89. The highest BCUT2D eigenvalue weighted by Crippen LogP contribution is 2.17. The van der Waals surface area contributed by atoms with Gasteiger partial charge in [0, 0.05) is 13.3 Å². The first kappa shape index (κ1) is 15.2. The lowest BCUT2D eigenvalue weighted by molar-refractivity contribution is -0.146. The van der Waals surface area contributed by atoms with Gasteiger partial charge in [-0.05, 0) is 20.3 Å². The van der Waals surface area contributed by atoms with E-state index in [0.717, 1.165) is 0 Å². The highest BCUT2D eigenvalue weighted by Gasteiger charge is 2.30. The van der Waals surface area contributed by atoms with Crippen molar-refractivity contribution in [3.63, 3.8) is 0 Å². The number of aliphatic carboxylic acids is 1. The molecule has 0 aliphatic heterocycles. The van der Waals surface area contributed by atoms with Crippen LogP contribution in [0.3, 0.4) is 0 Å². The van der Waals surface area contributed by atoms with E-state index >= 15 is 0 Å². The Morgan fingerprint density at radius 2 is 2.21 bits per heavy atom. The Hall–Kier alpha value is -1.89. The number of hydrogen-bond donors (Lipinski definition) is 2. The van der Waals surface area contributed by atoms with E-state index in [0.29, 0.717) is 12.1 Å². The molecule has 1 aromatic heterocycles. The lowest BCUT2D eigenvalue weighted by Gasteiger charge is -2.19. The van der Waals surface area contributed by atoms with Gasteiger partial charge in [-0.15, -0.1) is 0 Å². The Balaban J connectivity index is 2.81. The van der Waals surface area contributed by atoms with E-state index in [1.807, 2.05) is 6.92 Å². The first-order chi connectivity index (χ1) is 8.82. The van der Waals surface area contributed by atoms with Crippen LogP contribution < -0.4 is 5.32 Å². The average molecular weight is 269 g/mol. The van der Waals surface area contributed by atoms with E-state index in [9.17, 15) is 9.59 Å². The Morgan fingerprint density at radius 3 is 2.68 bits per heavy atom. The molecule has 0 radical (unpaired) electrons. The van der Waals surface area contributed by atoms with Crippen molar-refractivity contribution in [1.82, 2.24) is 9.78 Å². The molecule has 1 unspecified atom stereocenters. The van der Waals surface area contributed by atoms with Gasteiger partial charge in [0.05, 0.1) is 11.9 Å². The minimum absolute atomic E-state index is 0.280. The number of rotatable bonds is 6. The van der Waals surface area contributed by atoms with Gasteiger partial charge in [0.2, 0.25) is 0 Å². The van der Waals surface area contributed by atoms with E-state index in [1.54, 1.807) is 0 Å². The van der Waals surface area contributed by atoms with Gasteiger partial charge in [-0.2, -0.15) is 5.10 Å². The van der Waals surface area contributed by atoms with E-state index in [2.05, 4.69) is 10.4 Å². The zero-order chi connectivity index (χ0) is 14.6. The smallest absolute Gasteiger partial charge is 0.331 e. The van der Waals surface area contributed by atoms with Crippen LogP contribution in [-0.2, 0) is 19.9 Å². The molecule has 0 aliphatic rings. The number of aromatic nitrogens is 2. The lowest BCUT2D eigenvalue weighted by Crippen LogP contribution is -2.36. The number of carboxylic acids is 1. The molecule has 1 heterocycles. The molecule has 0 aromatic carbocycles. The van der Waals surface area contributed by atoms with Gasteiger partial charge in [0.25, 0.3) is 5.91 Å². The molecule has 1 atom stereocenters. The summed E-state index contributed by atoms with van der Waals surface area (Å²) in [6.07, 6.45) is 2.91. The Morgan fingerprint density at radius 1 is 1.58 bits per heavy atom.